The molecule has 0 atom stereocenters. The predicted molar refractivity (Wildman–Crippen MR) is 57.5 cm³/mol. The van der Waals surface area contributed by atoms with Gasteiger partial charge in [-0.25, -0.2) is 0 Å². The van der Waals surface area contributed by atoms with Crippen molar-refractivity contribution in [3.05, 3.63) is 26.7 Å². The van der Waals surface area contributed by atoms with Gasteiger partial charge in [0.2, 0.25) is 0 Å². The Bertz CT molecular complexity index is 224. The molecule has 0 heterocycles. The van der Waals surface area contributed by atoms with Gasteiger partial charge in [0.15, 0.2) is 0 Å². The van der Waals surface area contributed by atoms with Gasteiger partial charge >= 0.3 is 0 Å². The third-order valence-corrected chi connectivity index (χ3v) is 3.78. The van der Waals surface area contributed by atoms with Gasteiger partial charge in [-0.3, -0.25) is 0 Å². The van der Waals surface area contributed by atoms with Gasteiger partial charge in [-0.05, 0) is 49.9 Å². The summed E-state index contributed by atoms with van der Waals surface area (Å²) in [6.45, 7) is 8.32. The highest BCUT2D eigenvalue weighted by molar-refractivity contribution is 9.10. The van der Waals surface area contributed by atoms with Crippen molar-refractivity contribution in [3.8, 4) is 0 Å². The zero-order chi connectivity index (χ0) is 9.46. The van der Waals surface area contributed by atoms with Crippen molar-refractivity contribution in [1.29, 1.82) is 0 Å². The SMILES string of the molecule is Cc1c(C)c(N)c(C)c(Br)c1C. The minimum absolute atomic E-state index is 0.907. The van der Waals surface area contributed by atoms with E-state index >= 15 is 0 Å². The molecule has 2 N–H and O–H groups in total. The Morgan fingerprint density at radius 3 is 1.83 bits per heavy atom. The molecule has 0 saturated carbocycles. The van der Waals surface area contributed by atoms with E-state index in [1.807, 2.05) is 6.92 Å². The van der Waals surface area contributed by atoms with Crippen molar-refractivity contribution in [3.63, 3.8) is 0 Å². The van der Waals surface area contributed by atoms with E-state index in [0.717, 1.165) is 15.7 Å². The number of nitrogen functional groups attached to an aromatic ring is 1. The first kappa shape index (κ1) is 9.59. The van der Waals surface area contributed by atoms with E-state index in [0.29, 0.717) is 0 Å². The second kappa shape index (κ2) is 3.09. The van der Waals surface area contributed by atoms with Crippen molar-refractivity contribution in [2.45, 2.75) is 27.7 Å². The molecule has 0 aromatic heterocycles. The average Bonchev–Trinajstić information content (AvgIpc) is 2.08. The van der Waals surface area contributed by atoms with Crippen LogP contribution in [0.15, 0.2) is 4.47 Å². The molecule has 1 aromatic carbocycles. The maximum atomic E-state index is 5.92. The second-order valence-corrected chi connectivity index (χ2v) is 4.02. The van der Waals surface area contributed by atoms with Crippen LogP contribution in [0.3, 0.4) is 0 Å². The molecule has 0 aliphatic rings. The number of rotatable bonds is 0. The Balaban J connectivity index is 3.60. The zero-order valence-corrected chi connectivity index (χ0v) is 9.54. The minimum atomic E-state index is 0.907. The molecule has 0 radical (unpaired) electrons. The summed E-state index contributed by atoms with van der Waals surface area (Å²) in [5.41, 5.74) is 11.8. The highest BCUT2D eigenvalue weighted by Gasteiger charge is 2.09. The third-order valence-electron chi connectivity index (χ3n) is 2.59. The summed E-state index contributed by atoms with van der Waals surface area (Å²) in [6.07, 6.45) is 0. The molecule has 1 rings (SSSR count). The fourth-order valence-corrected chi connectivity index (χ4v) is 1.84. The van der Waals surface area contributed by atoms with Crippen LogP contribution in [0.1, 0.15) is 22.3 Å². The second-order valence-electron chi connectivity index (χ2n) is 3.23. The fraction of sp³-hybridized carbons (Fsp3) is 0.400. The van der Waals surface area contributed by atoms with E-state index in [1.54, 1.807) is 0 Å². The van der Waals surface area contributed by atoms with Crippen LogP contribution < -0.4 is 5.73 Å². The van der Waals surface area contributed by atoms with Crippen molar-refractivity contribution >= 4 is 21.6 Å². The van der Waals surface area contributed by atoms with E-state index in [1.165, 1.54) is 16.7 Å². The van der Waals surface area contributed by atoms with Crippen LogP contribution in [0.25, 0.3) is 0 Å². The first-order valence-corrected chi connectivity index (χ1v) is 4.77. The molecule has 0 unspecified atom stereocenters. The standard InChI is InChI=1S/C10H14BrN/c1-5-6(2)9(11)8(4)10(12)7(5)3/h12H2,1-4H3. The summed E-state index contributed by atoms with van der Waals surface area (Å²) in [7, 11) is 0. The van der Waals surface area contributed by atoms with Crippen LogP contribution >= 0.6 is 15.9 Å². The quantitative estimate of drug-likeness (QED) is 0.677. The van der Waals surface area contributed by atoms with Crippen molar-refractivity contribution in [1.82, 2.24) is 0 Å². The zero-order valence-electron chi connectivity index (χ0n) is 7.96. The minimum Gasteiger partial charge on any atom is -0.398 e. The molecule has 0 spiro atoms. The van der Waals surface area contributed by atoms with Crippen molar-refractivity contribution in [2.24, 2.45) is 0 Å². The molecule has 66 valence electrons. The third kappa shape index (κ3) is 1.24. The summed E-state index contributed by atoms with van der Waals surface area (Å²) in [5.74, 6) is 0. The number of halogens is 1. The lowest BCUT2D eigenvalue weighted by Crippen LogP contribution is -1.99. The number of benzene rings is 1. The summed E-state index contributed by atoms with van der Waals surface area (Å²) >= 11 is 3.53. The van der Waals surface area contributed by atoms with Crippen LogP contribution in [0.4, 0.5) is 5.69 Å². The van der Waals surface area contributed by atoms with Gasteiger partial charge in [-0.15, -0.1) is 0 Å². The largest absolute Gasteiger partial charge is 0.398 e. The first-order valence-electron chi connectivity index (χ1n) is 3.98. The lowest BCUT2D eigenvalue weighted by molar-refractivity contribution is 1.22. The predicted octanol–water partition coefficient (Wildman–Crippen LogP) is 3.26. The Kier molecular flexibility index (Phi) is 2.47. The van der Waals surface area contributed by atoms with Crippen LogP contribution in [0.5, 0.6) is 0 Å². The molecule has 1 aromatic rings. The van der Waals surface area contributed by atoms with E-state index in [9.17, 15) is 0 Å². The lowest BCUT2D eigenvalue weighted by atomic mass is 9.99. The van der Waals surface area contributed by atoms with Gasteiger partial charge in [-0.1, -0.05) is 15.9 Å². The first-order chi connectivity index (χ1) is 5.46. The van der Waals surface area contributed by atoms with Gasteiger partial charge in [0.05, 0.1) is 0 Å². The molecule has 12 heavy (non-hydrogen) atoms. The van der Waals surface area contributed by atoms with E-state index in [4.69, 9.17) is 5.73 Å². The monoisotopic (exact) mass is 227 g/mol. The van der Waals surface area contributed by atoms with Crippen molar-refractivity contribution < 1.29 is 0 Å². The van der Waals surface area contributed by atoms with Gasteiger partial charge in [0.25, 0.3) is 0 Å². The topological polar surface area (TPSA) is 26.0 Å². The maximum absolute atomic E-state index is 5.92. The Labute approximate surface area is 82.1 Å². The Morgan fingerprint density at radius 2 is 1.33 bits per heavy atom. The van der Waals surface area contributed by atoms with E-state index < -0.39 is 0 Å². The Hall–Kier alpha value is -0.500. The summed E-state index contributed by atoms with van der Waals surface area (Å²) in [4.78, 5) is 0. The van der Waals surface area contributed by atoms with Crippen LogP contribution in [-0.4, -0.2) is 0 Å². The van der Waals surface area contributed by atoms with E-state index in [-0.39, 0.29) is 0 Å². The number of anilines is 1. The maximum Gasteiger partial charge on any atom is 0.0387 e. The summed E-state index contributed by atoms with van der Waals surface area (Å²) in [5, 5.41) is 0. The fourth-order valence-electron chi connectivity index (χ4n) is 1.33. The number of hydrogen-bond acceptors (Lipinski definition) is 1. The van der Waals surface area contributed by atoms with Gasteiger partial charge < -0.3 is 5.73 Å². The lowest BCUT2D eigenvalue weighted by Gasteiger charge is -2.13. The summed E-state index contributed by atoms with van der Waals surface area (Å²) in [6, 6.07) is 0. The van der Waals surface area contributed by atoms with Gasteiger partial charge in [0.1, 0.15) is 0 Å². The van der Waals surface area contributed by atoms with Crippen LogP contribution in [0, 0.1) is 27.7 Å². The Morgan fingerprint density at radius 1 is 0.833 bits per heavy atom. The van der Waals surface area contributed by atoms with Gasteiger partial charge in [-0.2, -0.15) is 0 Å². The number of hydrogen-bond donors (Lipinski definition) is 1. The molecular weight excluding hydrogens is 214 g/mol. The molecule has 0 amide bonds. The molecule has 2 heteroatoms. The normalized spacial score (nSPS) is 10.4. The van der Waals surface area contributed by atoms with Crippen molar-refractivity contribution in [2.75, 3.05) is 5.73 Å². The smallest absolute Gasteiger partial charge is 0.0387 e. The van der Waals surface area contributed by atoms with E-state index in [2.05, 4.69) is 36.7 Å². The molecule has 0 aliphatic carbocycles. The average molecular weight is 228 g/mol. The molecule has 1 nitrogen and oxygen atoms in total. The van der Waals surface area contributed by atoms with Crippen LogP contribution in [-0.2, 0) is 0 Å². The number of nitrogens with two attached hydrogens (primary N) is 1. The summed E-state index contributed by atoms with van der Waals surface area (Å²) < 4.78 is 1.14. The molecule has 0 fully saturated rings. The molecule has 0 aliphatic heterocycles. The molecule has 0 bridgehead atoms. The van der Waals surface area contributed by atoms with Gasteiger partial charge in [0, 0.05) is 10.2 Å². The highest BCUT2D eigenvalue weighted by atomic mass is 79.9. The van der Waals surface area contributed by atoms with Crippen LogP contribution in [0.2, 0.25) is 0 Å². The molecule has 0 saturated heterocycles. The highest BCUT2D eigenvalue weighted by Crippen LogP contribution is 2.31. The molecular formula is C10H14BrN.